The first kappa shape index (κ1) is 36.0. The van der Waals surface area contributed by atoms with Gasteiger partial charge >= 0.3 is 0 Å². The second kappa shape index (κ2) is 18.4. The molecule has 0 aromatic heterocycles. The number of nitrogens with two attached hydrogens (primary N) is 1. The van der Waals surface area contributed by atoms with Crippen LogP contribution in [0.25, 0.3) is 11.1 Å². The van der Waals surface area contributed by atoms with Gasteiger partial charge in [0.25, 0.3) is 0 Å². The lowest BCUT2D eigenvalue weighted by Gasteiger charge is -2.27. The highest BCUT2D eigenvalue weighted by Crippen LogP contribution is 2.35. The minimum Gasteiger partial charge on any atom is -0.362 e. The first-order valence-corrected chi connectivity index (χ1v) is 14.6. The fourth-order valence-corrected chi connectivity index (χ4v) is 4.02. The molecule has 0 saturated carbocycles. The van der Waals surface area contributed by atoms with Crippen molar-refractivity contribution in [2.45, 2.75) is 73.8 Å². The molecule has 5 heteroatoms. The lowest BCUT2D eigenvalue weighted by Crippen LogP contribution is -2.29. The Morgan fingerprint density at radius 3 is 2.02 bits per heavy atom. The maximum Gasteiger partial charge on any atom is 0.159 e. The van der Waals surface area contributed by atoms with Crippen LogP contribution in [0.5, 0.6) is 0 Å². The van der Waals surface area contributed by atoms with E-state index in [0.717, 1.165) is 11.1 Å². The molecular formula is C37H48FN3O. The third kappa shape index (κ3) is 11.5. The van der Waals surface area contributed by atoms with Crippen LogP contribution in [-0.2, 0) is 0 Å². The molecule has 3 N–H and O–H groups in total. The number of Topliss-reactive ketones (excluding diaryl/α,β-unsaturated/α-hetero) is 1. The van der Waals surface area contributed by atoms with Crippen LogP contribution >= 0.6 is 0 Å². The zero-order chi connectivity index (χ0) is 31.7. The molecule has 0 aliphatic rings. The number of ketones is 1. The molecule has 42 heavy (non-hydrogen) atoms. The molecule has 3 aromatic rings. The van der Waals surface area contributed by atoms with Gasteiger partial charge in [-0.1, -0.05) is 121 Å². The van der Waals surface area contributed by atoms with Crippen LogP contribution in [0.1, 0.15) is 95.3 Å². The highest BCUT2D eigenvalue weighted by atomic mass is 19.1. The standard InChI is InChI=1S/C20H24O.C15H18FN3.C2H6/c1-14(20(3,4)5)16-6-10-18(11-7-16)19-12-8-17(9-13-19)15(2)21;1-3-11-18-15(4-2)19-14(9-10-17)12-7-5-6-8-13(12)16;1-2/h6-14H,1-5H3;4-8,14H,2,9-10,17H2,1H3,(H,18,19);1-2H3. The van der Waals surface area contributed by atoms with Crippen molar-refractivity contribution < 1.29 is 9.18 Å². The molecule has 0 aliphatic carbocycles. The van der Waals surface area contributed by atoms with Crippen molar-refractivity contribution in [2.75, 3.05) is 6.54 Å². The highest BCUT2D eigenvalue weighted by molar-refractivity contribution is 5.94. The summed E-state index contributed by atoms with van der Waals surface area (Å²) in [6.07, 6.45) is 2.14. The van der Waals surface area contributed by atoms with Crippen LogP contribution in [0.3, 0.4) is 0 Å². The third-order valence-corrected chi connectivity index (χ3v) is 6.87. The molecule has 0 heterocycles. The van der Waals surface area contributed by atoms with Crippen LogP contribution < -0.4 is 11.1 Å². The number of carbonyl (C=O) groups excluding carboxylic acids is 1. The second-order valence-electron chi connectivity index (χ2n) is 10.7. The van der Waals surface area contributed by atoms with Crippen molar-refractivity contribution in [1.82, 2.24) is 5.32 Å². The minimum absolute atomic E-state index is 0.107. The Kier molecular flexibility index (Phi) is 15.8. The summed E-state index contributed by atoms with van der Waals surface area (Å²) in [6.45, 7) is 20.5. The molecule has 0 radical (unpaired) electrons. The van der Waals surface area contributed by atoms with E-state index in [9.17, 15) is 9.18 Å². The average Bonchev–Trinajstić information content (AvgIpc) is 2.99. The Bertz CT molecular complexity index is 1340. The molecule has 2 atom stereocenters. The quantitative estimate of drug-likeness (QED) is 0.123. The number of carbonyl (C=O) groups is 1. The molecule has 0 aliphatic heterocycles. The lowest BCUT2D eigenvalue weighted by molar-refractivity contribution is 0.101. The van der Waals surface area contributed by atoms with Crippen LogP contribution in [0.15, 0.2) is 90.4 Å². The number of nitrogens with zero attached hydrogens (tertiary/aromatic N) is 1. The van der Waals surface area contributed by atoms with Gasteiger partial charge in [0.15, 0.2) is 5.78 Å². The summed E-state index contributed by atoms with van der Waals surface area (Å²) in [5.41, 5.74) is 10.9. The van der Waals surface area contributed by atoms with Crippen LogP contribution in [0, 0.1) is 23.2 Å². The van der Waals surface area contributed by atoms with E-state index >= 15 is 0 Å². The average molecular weight is 570 g/mol. The van der Waals surface area contributed by atoms with E-state index in [2.05, 4.69) is 80.8 Å². The van der Waals surface area contributed by atoms with Crippen LogP contribution in [-0.4, -0.2) is 18.2 Å². The predicted molar refractivity (Wildman–Crippen MR) is 178 cm³/mol. The molecule has 0 spiro atoms. The number of benzene rings is 3. The monoisotopic (exact) mass is 569 g/mol. The van der Waals surface area contributed by atoms with E-state index in [1.807, 2.05) is 38.1 Å². The first-order chi connectivity index (χ1) is 20.0. The van der Waals surface area contributed by atoms with Crippen LogP contribution in [0.4, 0.5) is 4.39 Å². The summed E-state index contributed by atoms with van der Waals surface area (Å²) in [6, 6.07) is 25.5. The number of halogens is 1. The Morgan fingerprint density at radius 2 is 1.57 bits per heavy atom. The molecule has 3 rings (SSSR count). The largest absolute Gasteiger partial charge is 0.362 e. The molecule has 0 bridgehead atoms. The van der Waals surface area contributed by atoms with Gasteiger partial charge in [0, 0.05) is 17.2 Å². The molecule has 0 fully saturated rings. The normalized spacial score (nSPS) is 12.2. The smallest absolute Gasteiger partial charge is 0.159 e. The lowest BCUT2D eigenvalue weighted by atomic mass is 9.77. The number of hydrogen-bond acceptors (Lipinski definition) is 3. The molecule has 0 amide bonds. The van der Waals surface area contributed by atoms with Crippen molar-refractivity contribution in [3.63, 3.8) is 0 Å². The van der Waals surface area contributed by atoms with E-state index in [0.29, 0.717) is 30.3 Å². The number of hydrogen-bond donors (Lipinski definition) is 2. The maximum atomic E-state index is 13.8. The van der Waals surface area contributed by atoms with Crippen molar-refractivity contribution in [3.8, 4) is 23.1 Å². The first-order valence-electron chi connectivity index (χ1n) is 14.6. The number of rotatable bonds is 8. The molecular weight excluding hydrogens is 521 g/mol. The van der Waals surface area contributed by atoms with E-state index in [1.165, 1.54) is 17.2 Å². The van der Waals surface area contributed by atoms with Gasteiger partial charge in [-0.2, -0.15) is 4.99 Å². The van der Waals surface area contributed by atoms with Gasteiger partial charge in [-0.05, 0) is 67.0 Å². The SMILES string of the molecule is C=CC(=NC#CC)NC(CCN)c1ccccc1F.CC.CC(=O)c1ccc(-c2ccc(C(C)C(C)(C)C)cc2)cc1. The van der Waals surface area contributed by atoms with Crippen LogP contribution in [0.2, 0.25) is 0 Å². The molecule has 3 aromatic carbocycles. The van der Waals surface area contributed by atoms with Gasteiger partial charge in [-0.25, -0.2) is 4.39 Å². The fraction of sp³-hybridized carbons (Fsp3) is 0.351. The topological polar surface area (TPSA) is 67.5 Å². The number of nitrogens with one attached hydrogen (secondary N) is 1. The van der Waals surface area contributed by atoms with Gasteiger partial charge in [-0.3, -0.25) is 4.79 Å². The minimum atomic E-state index is -0.265. The predicted octanol–water partition coefficient (Wildman–Crippen LogP) is 9.10. The molecule has 224 valence electrons. The zero-order valence-electron chi connectivity index (χ0n) is 26.6. The fourth-order valence-electron chi connectivity index (χ4n) is 4.02. The summed E-state index contributed by atoms with van der Waals surface area (Å²) in [4.78, 5) is 15.3. The third-order valence-electron chi connectivity index (χ3n) is 6.87. The second-order valence-corrected chi connectivity index (χ2v) is 10.7. The van der Waals surface area contributed by atoms with E-state index in [-0.39, 0.29) is 23.1 Å². The summed E-state index contributed by atoms with van der Waals surface area (Å²) in [7, 11) is 0. The molecule has 0 saturated heterocycles. The number of aliphatic imine (C=N–C) groups is 1. The van der Waals surface area contributed by atoms with E-state index in [1.54, 1.807) is 38.1 Å². The van der Waals surface area contributed by atoms with Gasteiger partial charge in [0.1, 0.15) is 11.7 Å². The van der Waals surface area contributed by atoms with E-state index in [4.69, 9.17) is 5.73 Å². The van der Waals surface area contributed by atoms with Crippen molar-refractivity contribution in [3.05, 3.63) is 108 Å². The summed E-state index contributed by atoms with van der Waals surface area (Å²) in [5.74, 6) is 3.54. The Hall–Kier alpha value is -4.01. The Labute approximate surface area is 253 Å². The van der Waals surface area contributed by atoms with Gasteiger partial charge < -0.3 is 11.1 Å². The van der Waals surface area contributed by atoms with Gasteiger partial charge in [0.05, 0.1) is 6.04 Å². The highest BCUT2D eigenvalue weighted by Gasteiger charge is 2.21. The van der Waals surface area contributed by atoms with Crippen molar-refractivity contribution in [1.29, 1.82) is 0 Å². The summed E-state index contributed by atoms with van der Waals surface area (Å²) in [5, 5.41) is 3.11. The zero-order valence-corrected chi connectivity index (χ0v) is 26.6. The van der Waals surface area contributed by atoms with Gasteiger partial charge in [-0.15, -0.1) is 0 Å². The Morgan fingerprint density at radius 1 is 1.02 bits per heavy atom. The van der Waals surface area contributed by atoms with Gasteiger partial charge in [0.2, 0.25) is 0 Å². The summed E-state index contributed by atoms with van der Waals surface area (Å²) >= 11 is 0. The summed E-state index contributed by atoms with van der Waals surface area (Å²) < 4.78 is 13.8. The molecule has 4 nitrogen and oxygen atoms in total. The molecule has 2 unspecified atom stereocenters. The number of amidine groups is 1. The van der Waals surface area contributed by atoms with Crippen molar-refractivity contribution >= 4 is 11.6 Å². The van der Waals surface area contributed by atoms with E-state index < -0.39 is 0 Å². The van der Waals surface area contributed by atoms with Crippen molar-refractivity contribution in [2.24, 2.45) is 16.1 Å². The maximum absolute atomic E-state index is 13.8. The Balaban J connectivity index is 0.000000399.